The maximum atomic E-state index is 14.1. The van der Waals surface area contributed by atoms with Crippen LogP contribution in [0, 0.1) is 5.92 Å². The summed E-state index contributed by atoms with van der Waals surface area (Å²) < 4.78 is 13.3. The molecule has 1 atom stereocenters. The van der Waals surface area contributed by atoms with Gasteiger partial charge in [0.05, 0.1) is 41.3 Å². The van der Waals surface area contributed by atoms with Crippen molar-refractivity contribution in [1.82, 2.24) is 14.5 Å². The first kappa shape index (κ1) is 29.3. The molecule has 0 fully saturated rings. The lowest BCUT2D eigenvalue weighted by Crippen LogP contribution is -2.38. The quantitative estimate of drug-likeness (QED) is 0.195. The van der Waals surface area contributed by atoms with Crippen molar-refractivity contribution in [2.24, 2.45) is 5.92 Å². The smallest absolute Gasteiger partial charge is 0.266 e. The van der Waals surface area contributed by atoms with Crippen LogP contribution in [0.15, 0.2) is 69.9 Å². The summed E-state index contributed by atoms with van der Waals surface area (Å²) in [5, 5.41) is 0.474. The Morgan fingerprint density at radius 1 is 1.02 bits per heavy atom. The van der Waals surface area contributed by atoms with Crippen LogP contribution in [0.3, 0.4) is 0 Å². The van der Waals surface area contributed by atoms with Crippen molar-refractivity contribution < 1.29 is 14.3 Å². The highest BCUT2D eigenvalue weighted by atomic mass is 79.9. The molecule has 0 N–H and O–H groups in total. The Bertz CT molecular complexity index is 1560. The van der Waals surface area contributed by atoms with Gasteiger partial charge in [-0.1, -0.05) is 45.0 Å². The van der Waals surface area contributed by atoms with Gasteiger partial charge in [-0.15, -0.1) is 0 Å². The zero-order chi connectivity index (χ0) is 29.0. The van der Waals surface area contributed by atoms with E-state index in [4.69, 9.17) is 14.5 Å². The molecule has 1 unspecified atom stereocenters. The second-order valence-electron chi connectivity index (χ2n) is 10.2. The van der Waals surface area contributed by atoms with Gasteiger partial charge in [-0.2, -0.15) is 0 Å². The molecule has 0 spiro atoms. The van der Waals surface area contributed by atoms with Gasteiger partial charge in [-0.05, 0) is 71.4 Å². The monoisotopic (exact) mass is 605 g/mol. The van der Waals surface area contributed by atoms with Crippen molar-refractivity contribution in [3.05, 3.63) is 92.4 Å². The van der Waals surface area contributed by atoms with Gasteiger partial charge in [0.1, 0.15) is 17.3 Å². The number of para-hydroxylation sites is 1. The minimum atomic E-state index is -0.529. The van der Waals surface area contributed by atoms with Crippen molar-refractivity contribution in [2.75, 3.05) is 20.8 Å². The molecule has 40 heavy (non-hydrogen) atoms. The third-order valence-electron chi connectivity index (χ3n) is 7.15. The average Bonchev–Trinajstić information content (AvgIpc) is 2.97. The van der Waals surface area contributed by atoms with E-state index in [1.54, 1.807) is 37.0 Å². The molecule has 0 aliphatic rings. The summed E-state index contributed by atoms with van der Waals surface area (Å²) in [6.45, 7) is 8.79. The summed E-state index contributed by atoms with van der Waals surface area (Å²) in [4.78, 5) is 34.9. The fourth-order valence-electron chi connectivity index (χ4n) is 4.71. The molecule has 0 aliphatic carbocycles. The first-order valence-corrected chi connectivity index (χ1v) is 14.3. The predicted octanol–water partition coefficient (Wildman–Crippen LogP) is 6.98. The molecule has 0 aliphatic heterocycles. The summed E-state index contributed by atoms with van der Waals surface area (Å²) >= 11 is 3.64. The Morgan fingerprint density at radius 2 is 1.73 bits per heavy atom. The Balaban J connectivity index is 1.96. The Morgan fingerprint density at radius 3 is 2.35 bits per heavy atom. The van der Waals surface area contributed by atoms with Crippen LogP contribution in [0.1, 0.15) is 61.9 Å². The van der Waals surface area contributed by atoms with E-state index in [-0.39, 0.29) is 11.5 Å². The maximum absolute atomic E-state index is 14.1. The molecule has 4 rings (SSSR count). The molecular formula is C32H36BrN3O4. The van der Waals surface area contributed by atoms with E-state index in [9.17, 15) is 9.59 Å². The van der Waals surface area contributed by atoms with Crippen molar-refractivity contribution in [2.45, 2.75) is 46.6 Å². The van der Waals surface area contributed by atoms with Crippen LogP contribution < -0.4 is 15.0 Å². The molecule has 8 heteroatoms. The summed E-state index contributed by atoms with van der Waals surface area (Å²) in [5.74, 6) is 1.76. The number of aromatic nitrogens is 2. The van der Waals surface area contributed by atoms with Crippen molar-refractivity contribution >= 4 is 32.7 Å². The number of carbonyl (C=O) groups excluding carboxylic acids is 1. The van der Waals surface area contributed by atoms with Crippen LogP contribution in [0.4, 0.5) is 0 Å². The van der Waals surface area contributed by atoms with Gasteiger partial charge in [0, 0.05) is 24.2 Å². The number of amides is 1. The van der Waals surface area contributed by atoms with Gasteiger partial charge in [0.2, 0.25) is 0 Å². The molecule has 7 nitrogen and oxygen atoms in total. The van der Waals surface area contributed by atoms with Crippen molar-refractivity contribution in [1.29, 1.82) is 0 Å². The lowest BCUT2D eigenvalue weighted by Gasteiger charge is -2.31. The van der Waals surface area contributed by atoms with Crippen LogP contribution in [0.2, 0.25) is 0 Å². The fraction of sp³-hybridized carbons (Fsp3) is 0.344. The van der Waals surface area contributed by atoms with E-state index >= 15 is 0 Å². The molecule has 1 amide bonds. The van der Waals surface area contributed by atoms with E-state index in [1.807, 2.05) is 54.3 Å². The molecule has 3 aromatic carbocycles. The topological polar surface area (TPSA) is 73.7 Å². The van der Waals surface area contributed by atoms with Crippen LogP contribution in [-0.4, -0.2) is 41.1 Å². The maximum Gasteiger partial charge on any atom is 0.266 e. The molecule has 0 saturated carbocycles. The van der Waals surface area contributed by atoms with E-state index in [0.29, 0.717) is 56.4 Å². The van der Waals surface area contributed by atoms with Gasteiger partial charge in [-0.3, -0.25) is 14.2 Å². The summed E-state index contributed by atoms with van der Waals surface area (Å²) in [6.07, 6.45) is 1.70. The van der Waals surface area contributed by atoms with Crippen LogP contribution in [0.25, 0.3) is 16.6 Å². The van der Waals surface area contributed by atoms with Gasteiger partial charge in [0.25, 0.3) is 11.5 Å². The van der Waals surface area contributed by atoms with Crippen molar-refractivity contribution in [3.63, 3.8) is 0 Å². The fourth-order valence-corrected chi connectivity index (χ4v) is 5.28. The van der Waals surface area contributed by atoms with Gasteiger partial charge >= 0.3 is 0 Å². The molecule has 1 heterocycles. The molecule has 1 aromatic heterocycles. The number of hydrogen-bond donors (Lipinski definition) is 0. The second kappa shape index (κ2) is 12.7. The van der Waals surface area contributed by atoms with E-state index in [1.165, 1.54) is 5.56 Å². The third-order valence-corrected chi connectivity index (χ3v) is 7.95. The molecule has 4 aromatic rings. The number of nitrogens with zero attached hydrogens (tertiary/aromatic N) is 3. The van der Waals surface area contributed by atoms with Gasteiger partial charge in [-0.25, -0.2) is 4.98 Å². The number of carbonyl (C=O) groups is 1. The Kier molecular flexibility index (Phi) is 9.30. The number of rotatable bonds is 10. The van der Waals surface area contributed by atoms with Gasteiger partial charge < -0.3 is 14.4 Å². The molecule has 0 radical (unpaired) electrons. The van der Waals surface area contributed by atoms with Crippen LogP contribution in [0.5, 0.6) is 11.5 Å². The zero-order valence-electron chi connectivity index (χ0n) is 23.9. The highest BCUT2D eigenvalue weighted by Gasteiger charge is 2.29. The SMILES string of the molecule is CCc1ccc(C(=O)N(CCC(C)C)C(C)c2nc3ccccc3c(=O)n2-c2cc(OC)cc(OC)c2Br)cc1. The lowest BCUT2D eigenvalue weighted by atomic mass is 10.1. The minimum Gasteiger partial charge on any atom is -0.497 e. The molecule has 0 bridgehead atoms. The number of ether oxygens (including phenoxy) is 2. The number of halogens is 1. The second-order valence-corrected chi connectivity index (χ2v) is 11.0. The zero-order valence-corrected chi connectivity index (χ0v) is 25.5. The Hall–Kier alpha value is -3.65. The average molecular weight is 607 g/mol. The van der Waals surface area contributed by atoms with Gasteiger partial charge in [0.15, 0.2) is 0 Å². The molecule has 210 valence electrons. The standard InChI is InChI=1S/C32H36BrN3O4/c1-7-22-12-14-23(15-13-22)31(37)35(17-16-20(2)3)21(4)30-34-26-11-9-8-10-25(26)32(38)36(30)27-18-24(39-5)19-28(40-6)29(27)33/h8-15,18-21H,7,16-17H2,1-6H3. The van der Waals surface area contributed by atoms with E-state index in [0.717, 1.165) is 12.8 Å². The number of aryl methyl sites for hydroxylation is 1. The lowest BCUT2D eigenvalue weighted by molar-refractivity contribution is 0.0671. The highest BCUT2D eigenvalue weighted by Crippen LogP contribution is 2.37. The number of fused-ring (bicyclic) bond motifs is 1. The summed E-state index contributed by atoms with van der Waals surface area (Å²) in [6, 6.07) is 18.0. The number of hydrogen-bond acceptors (Lipinski definition) is 5. The minimum absolute atomic E-state index is 0.105. The van der Waals surface area contributed by atoms with Crippen LogP contribution >= 0.6 is 15.9 Å². The van der Waals surface area contributed by atoms with E-state index in [2.05, 4.69) is 36.7 Å². The predicted molar refractivity (Wildman–Crippen MR) is 163 cm³/mol. The van der Waals surface area contributed by atoms with E-state index < -0.39 is 6.04 Å². The highest BCUT2D eigenvalue weighted by molar-refractivity contribution is 9.10. The summed E-state index contributed by atoms with van der Waals surface area (Å²) in [5.41, 5.74) is 2.61. The number of methoxy groups -OCH3 is 2. The third kappa shape index (κ3) is 5.92. The first-order chi connectivity index (χ1) is 19.2. The first-order valence-electron chi connectivity index (χ1n) is 13.5. The largest absolute Gasteiger partial charge is 0.497 e. The van der Waals surface area contributed by atoms with Crippen molar-refractivity contribution in [3.8, 4) is 17.2 Å². The van der Waals surface area contributed by atoms with Crippen LogP contribution in [-0.2, 0) is 6.42 Å². The molecule has 0 saturated heterocycles. The normalized spacial score (nSPS) is 12.0. The Labute approximate surface area is 243 Å². The number of benzene rings is 3. The summed E-state index contributed by atoms with van der Waals surface area (Å²) in [7, 11) is 3.12. The molecular weight excluding hydrogens is 570 g/mol.